The van der Waals surface area contributed by atoms with Gasteiger partial charge in [0.05, 0.1) is 13.2 Å². The third-order valence-electron chi connectivity index (χ3n) is 2.34. The van der Waals surface area contributed by atoms with Gasteiger partial charge in [0.25, 0.3) is 0 Å². The van der Waals surface area contributed by atoms with Crippen molar-refractivity contribution in [2.24, 2.45) is 0 Å². The number of halogens is 1. The molecule has 0 fully saturated rings. The SMILES string of the molecule is COCCN(CCO)c1nccc(C(=O)O)c1F. The zero-order valence-corrected chi connectivity index (χ0v) is 9.97. The molecule has 1 heterocycles. The van der Waals surface area contributed by atoms with Crippen LogP contribution in [-0.2, 0) is 4.74 Å². The van der Waals surface area contributed by atoms with Gasteiger partial charge in [0.2, 0.25) is 0 Å². The molecule has 0 radical (unpaired) electrons. The average molecular weight is 258 g/mol. The molecule has 0 bridgehead atoms. The first-order valence-electron chi connectivity index (χ1n) is 5.34. The van der Waals surface area contributed by atoms with E-state index >= 15 is 0 Å². The molecule has 1 rings (SSSR count). The van der Waals surface area contributed by atoms with Crippen molar-refractivity contribution >= 4 is 11.8 Å². The molecule has 18 heavy (non-hydrogen) atoms. The van der Waals surface area contributed by atoms with Crippen LogP contribution in [0.2, 0.25) is 0 Å². The summed E-state index contributed by atoms with van der Waals surface area (Å²) in [7, 11) is 1.49. The van der Waals surface area contributed by atoms with Gasteiger partial charge in [-0.05, 0) is 6.07 Å². The maximum absolute atomic E-state index is 13.9. The Morgan fingerprint density at radius 3 is 2.83 bits per heavy atom. The Balaban J connectivity index is 3.03. The number of anilines is 1. The summed E-state index contributed by atoms with van der Waals surface area (Å²) in [6, 6.07) is 1.09. The van der Waals surface area contributed by atoms with Crippen molar-refractivity contribution in [2.45, 2.75) is 0 Å². The van der Waals surface area contributed by atoms with Gasteiger partial charge in [0.15, 0.2) is 11.6 Å². The summed E-state index contributed by atoms with van der Waals surface area (Å²) in [6.45, 7) is 0.584. The lowest BCUT2D eigenvalue weighted by Gasteiger charge is -2.23. The Labute approximate surface area is 104 Å². The highest BCUT2D eigenvalue weighted by atomic mass is 19.1. The van der Waals surface area contributed by atoms with E-state index in [2.05, 4.69) is 4.98 Å². The zero-order valence-electron chi connectivity index (χ0n) is 9.97. The minimum Gasteiger partial charge on any atom is -0.478 e. The van der Waals surface area contributed by atoms with Gasteiger partial charge in [-0.15, -0.1) is 0 Å². The first-order valence-corrected chi connectivity index (χ1v) is 5.34. The Hall–Kier alpha value is -1.73. The number of nitrogens with zero attached hydrogens (tertiary/aromatic N) is 2. The third-order valence-corrected chi connectivity index (χ3v) is 2.34. The fourth-order valence-electron chi connectivity index (χ4n) is 1.46. The number of hydrogen-bond donors (Lipinski definition) is 2. The smallest absolute Gasteiger partial charge is 0.338 e. The molecule has 0 aliphatic carbocycles. The molecule has 0 saturated heterocycles. The second-order valence-electron chi connectivity index (χ2n) is 3.50. The van der Waals surface area contributed by atoms with Gasteiger partial charge in [0, 0.05) is 26.4 Å². The van der Waals surface area contributed by atoms with Gasteiger partial charge in [0.1, 0.15) is 5.56 Å². The van der Waals surface area contributed by atoms with E-state index in [0.29, 0.717) is 13.2 Å². The zero-order chi connectivity index (χ0) is 13.5. The summed E-state index contributed by atoms with van der Waals surface area (Å²) < 4.78 is 18.8. The number of carboxylic acid groups (broad SMARTS) is 1. The van der Waals surface area contributed by atoms with Crippen LogP contribution >= 0.6 is 0 Å². The number of rotatable bonds is 7. The average Bonchev–Trinajstić information content (AvgIpc) is 2.34. The quantitative estimate of drug-likeness (QED) is 0.735. The van der Waals surface area contributed by atoms with Crippen LogP contribution < -0.4 is 4.90 Å². The number of aromatic nitrogens is 1. The van der Waals surface area contributed by atoms with Crippen molar-refractivity contribution in [3.63, 3.8) is 0 Å². The van der Waals surface area contributed by atoms with E-state index in [9.17, 15) is 9.18 Å². The molecule has 0 aliphatic heterocycles. The summed E-state index contributed by atoms with van der Waals surface area (Å²) in [4.78, 5) is 16.1. The predicted octanol–water partition coefficient (Wildman–Crippen LogP) is 0.364. The van der Waals surface area contributed by atoms with Crippen LogP contribution in [0.3, 0.4) is 0 Å². The number of methoxy groups -OCH3 is 1. The van der Waals surface area contributed by atoms with Crippen molar-refractivity contribution in [1.82, 2.24) is 4.98 Å². The van der Waals surface area contributed by atoms with E-state index in [4.69, 9.17) is 14.9 Å². The van der Waals surface area contributed by atoms with E-state index in [-0.39, 0.29) is 19.0 Å². The lowest BCUT2D eigenvalue weighted by Crippen LogP contribution is -2.32. The molecular formula is C11H15FN2O4. The number of hydrogen-bond acceptors (Lipinski definition) is 5. The van der Waals surface area contributed by atoms with Crippen molar-refractivity contribution < 1.29 is 24.1 Å². The molecule has 100 valence electrons. The van der Waals surface area contributed by atoms with Crippen LogP contribution in [-0.4, -0.2) is 54.6 Å². The number of carboxylic acids is 1. The normalized spacial score (nSPS) is 10.4. The van der Waals surface area contributed by atoms with Crippen LogP contribution in [0.25, 0.3) is 0 Å². The minimum atomic E-state index is -1.35. The van der Waals surface area contributed by atoms with Crippen LogP contribution in [0.1, 0.15) is 10.4 Å². The second-order valence-corrected chi connectivity index (χ2v) is 3.50. The van der Waals surface area contributed by atoms with Gasteiger partial charge in [-0.1, -0.05) is 0 Å². The Kier molecular flexibility index (Phi) is 5.47. The monoisotopic (exact) mass is 258 g/mol. The standard InChI is InChI=1S/C11H15FN2O4/c1-18-7-5-14(4-6-15)10-9(12)8(11(16)17)2-3-13-10/h2-3,15H,4-7H2,1H3,(H,16,17). The molecule has 0 aliphatic rings. The van der Waals surface area contributed by atoms with Crippen LogP contribution in [0.5, 0.6) is 0 Å². The summed E-state index contributed by atoms with van der Waals surface area (Å²) in [5.41, 5.74) is -0.444. The van der Waals surface area contributed by atoms with Gasteiger partial charge >= 0.3 is 5.97 Å². The molecule has 7 heteroatoms. The van der Waals surface area contributed by atoms with Crippen LogP contribution in [0, 0.1) is 5.82 Å². The van der Waals surface area contributed by atoms with Crippen molar-refractivity contribution in [2.75, 3.05) is 38.3 Å². The largest absolute Gasteiger partial charge is 0.478 e. The first-order chi connectivity index (χ1) is 8.61. The number of aliphatic hydroxyl groups excluding tert-OH is 1. The fraction of sp³-hybridized carbons (Fsp3) is 0.455. The molecule has 0 amide bonds. The summed E-state index contributed by atoms with van der Waals surface area (Å²) >= 11 is 0. The first kappa shape index (κ1) is 14.3. The van der Waals surface area contributed by atoms with Crippen LogP contribution in [0.15, 0.2) is 12.3 Å². The topological polar surface area (TPSA) is 82.9 Å². The maximum Gasteiger partial charge on any atom is 0.338 e. The molecule has 0 unspecified atom stereocenters. The minimum absolute atomic E-state index is 0.0963. The van der Waals surface area contributed by atoms with E-state index in [1.807, 2.05) is 0 Å². The molecule has 6 nitrogen and oxygen atoms in total. The highest BCUT2D eigenvalue weighted by molar-refractivity contribution is 5.88. The molecule has 1 aromatic heterocycles. The van der Waals surface area contributed by atoms with E-state index < -0.39 is 17.3 Å². The van der Waals surface area contributed by atoms with Gasteiger partial charge < -0.3 is 19.8 Å². The molecule has 2 N–H and O–H groups in total. The summed E-state index contributed by atoms with van der Waals surface area (Å²) in [5.74, 6) is -2.36. The second kappa shape index (κ2) is 6.87. The molecule has 0 aromatic carbocycles. The Bertz CT molecular complexity index is 414. The van der Waals surface area contributed by atoms with Crippen LogP contribution in [0.4, 0.5) is 10.2 Å². The fourth-order valence-corrected chi connectivity index (χ4v) is 1.46. The number of aromatic carboxylic acids is 1. The van der Waals surface area contributed by atoms with Gasteiger partial charge in [-0.25, -0.2) is 14.2 Å². The van der Waals surface area contributed by atoms with E-state index in [1.165, 1.54) is 18.2 Å². The summed E-state index contributed by atoms with van der Waals surface area (Å²) in [5, 5.41) is 17.7. The highest BCUT2D eigenvalue weighted by Gasteiger charge is 2.19. The summed E-state index contributed by atoms with van der Waals surface area (Å²) in [6.07, 6.45) is 1.22. The van der Waals surface area contributed by atoms with Gasteiger partial charge in [-0.2, -0.15) is 0 Å². The third kappa shape index (κ3) is 3.38. The van der Waals surface area contributed by atoms with Crippen molar-refractivity contribution in [3.8, 4) is 0 Å². The highest BCUT2D eigenvalue weighted by Crippen LogP contribution is 2.19. The van der Waals surface area contributed by atoms with Gasteiger partial charge in [-0.3, -0.25) is 0 Å². The molecule has 0 atom stereocenters. The van der Waals surface area contributed by atoms with Crippen molar-refractivity contribution in [1.29, 1.82) is 0 Å². The van der Waals surface area contributed by atoms with E-state index in [1.54, 1.807) is 0 Å². The lowest BCUT2D eigenvalue weighted by atomic mass is 10.2. The Morgan fingerprint density at radius 1 is 1.56 bits per heavy atom. The Morgan fingerprint density at radius 2 is 2.28 bits per heavy atom. The molecule has 0 saturated carbocycles. The number of aliphatic hydroxyl groups is 1. The number of ether oxygens (including phenoxy) is 1. The maximum atomic E-state index is 13.9. The molecular weight excluding hydrogens is 243 g/mol. The lowest BCUT2D eigenvalue weighted by molar-refractivity contribution is 0.0691. The molecule has 0 spiro atoms. The predicted molar refractivity (Wildman–Crippen MR) is 62.3 cm³/mol. The number of carbonyl (C=O) groups is 1. The van der Waals surface area contributed by atoms with E-state index in [0.717, 1.165) is 6.07 Å². The number of pyridine rings is 1. The molecule has 1 aromatic rings. The van der Waals surface area contributed by atoms with Crippen molar-refractivity contribution in [3.05, 3.63) is 23.6 Å².